The second-order valence-electron chi connectivity index (χ2n) is 5.31. The van der Waals surface area contributed by atoms with Crippen LogP contribution in [0.4, 0.5) is 0 Å². The molecule has 1 aromatic carbocycles. The van der Waals surface area contributed by atoms with E-state index in [4.69, 9.17) is 9.47 Å². The Morgan fingerprint density at radius 2 is 2.14 bits per heavy atom. The Morgan fingerprint density at radius 3 is 2.77 bits per heavy atom. The van der Waals surface area contributed by atoms with E-state index in [0.29, 0.717) is 24.2 Å². The summed E-state index contributed by atoms with van der Waals surface area (Å²) >= 11 is 0. The Bertz CT molecular complexity index is 618. The molecule has 0 N–H and O–H groups in total. The maximum absolute atomic E-state index is 12.9. The fraction of sp³-hybridized carbons (Fsp3) is 0.333. The van der Waals surface area contributed by atoms with Crippen LogP contribution in [-0.4, -0.2) is 25.5 Å². The van der Waals surface area contributed by atoms with Crippen LogP contribution < -0.4 is 4.74 Å². The van der Waals surface area contributed by atoms with Crippen LogP contribution in [0.3, 0.4) is 0 Å². The number of rotatable bonds is 6. The van der Waals surface area contributed by atoms with E-state index in [1.807, 2.05) is 6.07 Å². The number of carbonyl (C=O) groups excluding carboxylic acids is 2. The summed E-state index contributed by atoms with van der Waals surface area (Å²) in [6, 6.07) is 5.30. The summed E-state index contributed by atoms with van der Waals surface area (Å²) in [5.41, 5.74) is 0.289. The van der Waals surface area contributed by atoms with Gasteiger partial charge in [0.25, 0.3) is 0 Å². The standard InChI is InChI=1S/C18H20O4/c1-4-9-18(17(20)22-11-5-2)10-8-13-12-14(21-3)6-7-15(13)16(18)19/h4-7,12H,1-2,8-11H2,3H3. The number of ether oxygens (including phenoxy) is 2. The molecule has 4 heteroatoms. The van der Waals surface area contributed by atoms with E-state index in [2.05, 4.69) is 13.2 Å². The average Bonchev–Trinajstić information content (AvgIpc) is 2.55. The second-order valence-corrected chi connectivity index (χ2v) is 5.31. The van der Waals surface area contributed by atoms with Crippen LogP contribution in [0, 0.1) is 5.41 Å². The van der Waals surface area contributed by atoms with E-state index in [1.165, 1.54) is 6.08 Å². The highest BCUT2D eigenvalue weighted by molar-refractivity contribution is 6.14. The highest BCUT2D eigenvalue weighted by Crippen LogP contribution is 2.40. The molecule has 0 amide bonds. The largest absolute Gasteiger partial charge is 0.497 e. The molecule has 1 atom stereocenters. The number of methoxy groups -OCH3 is 1. The molecule has 0 aromatic heterocycles. The van der Waals surface area contributed by atoms with Crippen molar-refractivity contribution in [3.63, 3.8) is 0 Å². The van der Waals surface area contributed by atoms with Crippen LogP contribution in [0.2, 0.25) is 0 Å². The zero-order valence-electron chi connectivity index (χ0n) is 12.8. The highest BCUT2D eigenvalue weighted by atomic mass is 16.5. The Balaban J connectivity index is 2.40. The first-order valence-electron chi connectivity index (χ1n) is 7.20. The van der Waals surface area contributed by atoms with Gasteiger partial charge in [-0.25, -0.2) is 0 Å². The number of esters is 1. The summed E-state index contributed by atoms with van der Waals surface area (Å²) in [5, 5.41) is 0. The molecular formula is C18H20O4. The van der Waals surface area contributed by atoms with Crippen LogP contribution in [0.5, 0.6) is 5.75 Å². The van der Waals surface area contributed by atoms with Gasteiger partial charge in [-0.1, -0.05) is 18.7 Å². The first-order valence-corrected chi connectivity index (χ1v) is 7.20. The number of Topliss-reactive ketones (excluding diaryl/α,β-unsaturated/α-hetero) is 1. The third-order valence-corrected chi connectivity index (χ3v) is 4.03. The Morgan fingerprint density at radius 1 is 1.36 bits per heavy atom. The van der Waals surface area contributed by atoms with E-state index >= 15 is 0 Å². The molecule has 1 unspecified atom stereocenters. The number of fused-ring (bicyclic) bond motifs is 1. The maximum Gasteiger partial charge on any atom is 0.320 e. The Hall–Kier alpha value is -2.36. The van der Waals surface area contributed by atoms with E-state index < -0.39 is 11.4 Å². The lowest BCUT2D eigenvalue weighted by molar-refractivity contribution is -0.152. The number of hydrogen-bond donors (Lipinski definition) is 0. The summed E-state index contributed by atoms with van der Waals surface area (Å²) in [5.74, 6) is 0.00105. The highest BCUT2D eigenvalue weighted by Gasteiger charge is 2.49. The molecule has 4 nitrogen and oxygen atoms in total. The molecule has 22 heavy (non-hydrogen) atoms. The fourth-order valence-corrected chi connectivity index (χ4v) is 2.84. The number of benzene rings is 1. The van der Waals surface area contributed by atoms with E-state index in [9.17, 15) is 9.59 Å². The van der Waals surface area contributed by atoms with Gasteiger partial charge in [-0.3, -0.25) is 9.59 Å². The SMILES string of the molecule is C=CCOC(=O)C1(CC=C)CCc2cc(OC)ccc2C1=O. The summed E-state index contributed by atoms with van der Waals surface area (Å²) in [6.45, 7) is 7.30. The van der Waals surface area contributed by atoms with Crippen LogP contribution in [0.25, 0.3) is 0 Å². The molecule has 0 fully saturated rings. The average molecular weight is 300 g/mol. The van der Waals surface area contributed by atoms with Crippen LogP contribution >= 0.6 is 0 Å². The smallest absolute Gasteiger partial charge is 0.320 e. The molecule has 0 saturated carbocycles. The molecule has 0 aliphatic heterocycles. The summed E-state index contributed by atoms with van der Waals surface area (Å²) in [4.78, 5) is 25.4. The molecule has 0 saturated heterocycles. The number of ketones is 1. The van der Waals surface area contributed by atoms with Crippen LogP contribution in [-0.2, 0) is 16.0 Å². The monoisotopic (exact) mass is 300 g/mol. The summed E-state index contributed by atoms with van der Waals surface area (Å²) in [6.07, 6.45) is 4.39. The Kier molecular flexibility index (Phi) is 4.81. The van der Waals surface area contributed by atoms with Crippen molar-refractivity contribution in [3.05, 3.63) is 54.6 Å². The van der Waals surface area contributed by atoms with Crippen LogP contribution in [0.15, 0.2) is 43.5 Å². The maximum atomic E-state index is 12.9. The predicted octanol–water partition coefficient (Wildman–Crippen LogP) is 3.12. The topological polar surface area (TPSA) is 52.6 Å². The minimum atomic E-state index is -1.17. The molecular weight excluding hydrogens is 280 g/mol. The van der Waals surface area contributed by atoms with Crippen molar-refractivity contribution >= 4 is 11.8 Å². The van der Waals surface area contributed by atoms with Gasteiger partial charge in [0.2, 0.25) is 0 Å². The number of carbonyl (C=O) groups is 2. The molecule has 0 bridgehead atoms. The van der Waals surface area contributed by atoms with E-state index in [1.54, 1.807) is 25.3 Å². The first kappa shape index (κ1) is 16.0. The zero-order chi connectivity index (χ0) is 16.2. The van der Waals surface area contributed by atoms with Crippen molar-refractivity contribution in [2.75, 3.05) is 13.7 Å². The van der Waals surface area contributed by atoms with Crippen molar-refractivity contribution in [1.29, 1.82) is 0 Å². The molecule has 1 aliphatic carbocycles. The third kappa shape index (κ3) is 2.69. The molecule has 1 aromatic rings. The molecule has 116 valence electrons. The van der Waals surface area contributed by atoms with Crippen molar-refractivity contribution in [3.8, 4) is 5.75 Å². The van der Waals surface area contributed by atoms with Crippen molar-refractivity contribution < 1.29 is 19.1 Å². The fourth-order valence-electron chi connectivity index (χ4n) is 2.84. The van der Waals surface area contributed by atoms with Crippen LogP contribution in [0.1, 0.15) is 28.8 Å². The lowest BCUT2D eigenvalue weighted by Gasteiger charge is -2.33. The lowest BCUT2D eigenvalue weighted by atomic mass is 9.68. The van der Waals surface area contributed by atoms with Crippen molar-refractivity contribution in [2.24, 2.45) is 5.41 Å². The van der Waals surface area contributed by atoms with Gasteiger partial charge < -0.3 is 9.47 Å². The van der Waals surface area contributed by atoms with Gasteiger partial charge in [-0.2, -0.15) is 0 Å². The van der Waals surface area contributed by atoms with Crippen molar-refractivity contribution in [2.45, 2.75) is 19.3 Å². The number of aryl methyl sites for hydroxylation is 1. The van der Waals surface area contributed by atoms with Gasteiger partial charge in [0.05, 0.1) is 7.11 Å². The lowest BCUT2D eigenvalue weighted by Crippen LogP contribution is -2.43. The predicted molar refractivity (Wildman–Crippen MR) is 84.0 cm³/mol. The zero-order valence-corrected chi connectivity index (χ0v) is 12.8. The van der Waals surface area contributed by atoms with E-state index in [-0.39, 0.29) is 18.8 Å². The van der Waals surface area contributed by atoms with Gasteiger partial charge in [-0.05, 0) is 43.0 Å². The molecule has 2 rings (SSSR count). The second kappa shape index (κ2) is 6.60. The quantitative estimate of drug-likeness (QED) is 0.460. The van der Waals surface area contributed by atoms with Gasteiger partial charge in [-0.15, -0.1) is 6.58 Å². The molecule has 0 heterocycles. The molecule has 0 radical (unpaired) electrons. The number of hydrogen-bond acceptors (Lipinski definition) is 4. The number of allylic oxidation sites excluding steroid dienone is 1. The minimum absolute atomic E-state index is 0.0977. The first-order chi connectivity index (χ1) is 10.6. The minimum Gasteiger partial charge on any atom is -0.497 e. The summed E-state index contributed by atoms with van der Waals surface area (Å²) in [7, 11) is 1.58. The van der Waals surface area contributed by atoms with Gasteiger partial charge >= 0.3 is 5.97 Å². The molecule has 1 aliphatic rings. The normalized spacial score (nSPS) is 20.0. The third-order valence-electron chi connectivity index (χ3n) is 4.03. The van der Waals surface area contributed by atoms with Gasteiger partial charge in [0, 0.05) is 5.56 Å². The van der Waals surface area contributed by atoms with Gasteiger partial charge in [0.15, 0.2) is 5.78 Å². The van der Waals surface area contributed by atoms with Gasteiger partial charge in [0.1, 0.15) is 17.8 Å². The van der Waals surface area contributed by atoms with Crippen molar-refractivity contribution in [1.82, 2.24) is 0 Å². The molecule has 0 spiro atoms. The Labute approximate surface area is 130 Å². The summed E-state index contributed by atoms with van der Waals surface area (Å²) < 4.78 is 10.4. The van der Waals surface area contributed by atoms with E-state index in [0.717, 1.165) is 5.56 Å².